The molecule has 0 unspecified atom stereocenters. The molecule has 0 radical (unpaired) electrons. The molecule has 2 atom stereocenters. The fourth-order valence-corrected chi connectivity index (χ4v) is 4.14. The van der Waals surface area contributed by atoms with Gasteiger partial charge >= 0.3 is 0 Å². The van der Waals surface area contributed by atoms with Gasteiger partial charge in [0.1, 0.15) is 5.82 Å². The molecule has 3 rings (SSSR count). The first-order valence-corrected chi connectivity index (χ1v) is 9.26. The largest absolute Gasteiger partial charge is 0.377 e. The van der Waals surface area contributed by atoms with E-state index in [0.717, 1.165) is 51.3 Å². The SMILES string of the molecule is Cc1nccn1CCCCN1CCC([C@H]2OCC[C@@H]2C(N)=O)CC1. The smallest absolute Gasteiger partial charge is 0.223 e. The van der Waals surface area contributed by atoms with Gasteiger partial charge < -0.3 is 19.9 Å². The molecule has 0 spiro atoms. The molecule has 2 fully saturated rings. The maximum Gasteiger partial charge on any atom is 0.223 e. The molecule has 0 saturated carbocycles. The van der Waals surface area contributed by atoms with E-state index in [1.165, 1.54) is 12.8 Å². The molecular formula is C18H30N4O2. The van der Waals surface area contributed by atoms with Crippen LogP contribution in [0.5, 0.6) is 0 Å². The number of aromatic nitrogens is 2. The van der Waals surface area contributed by atoms with E-state index in [9.17, 15) is 4.79 Å². The van der Waals surface area contributed by atoms with E-state index in [1.54, 1.807) is 0 Å². The number of rotatable bonds is 7. The van der Waals surface area contributed by atoms with Crippen LogP contribution in [0.25, 0.3) is 0 Å². The van der Waals surface area contributed by atoms with E-state index >= 15 is 0 Å². The lowest BCUT2D eigenvalue weighted by atomic mass is 9.84. The number of carbonyl (C=O) groups is 1. The van der Waals surface area contributed by atoms with Gasteiger partial charge in [0, 0.05) is 25.5 Å². The van der Waals surface area contributed by atoms with E-state index in [4.69, 9.17) is 10.5 Å². The Morgan fingerprint density at radius 1 is 1.29 bits per heavy atom. The highest BCUT2D eigenvalue weighted by atomic mass is 16.5. The molecular weight excluding hydrogens is 304 g/mol. The minimum Gasteiger partial charge on any atom is -0.377 e. The molecule has 0 aromatic carbocycles. The number of primary amides is 1. The summed E-state index contributed by atoms with van der Waals surface area (Å²) in [6.45, 7) is 7.17. The number of aryl methyl sites for hydroxylation is 2. The molecule has 3 heterocycles. The monoisotopic (exact) mass is 334 g/mol. The molecule has 1 amide bonds. The quantitative estimate of drug-likeness (QED) is 0.768. The summed E-state index contributed by atoms with van der Waals surface area (Å²) in [5.41, 5.74) is 5.52. The van der Waals surface area contributed by atoms with Crippen LogP contribution in [-0.2, 0) is 16.1 Å². The highest BCUT2D eigenvalue weighted by Crippen LogP contribution is 2.32. The van der Waals surface area contributed by atoms with Gasteiger partial charge in [-0.25, -0.2) is 4.98 Å². The van der Waals surface area contributed by atoms with Gasteiger partial charge in [0.15, 0.2) is 0 Å². The van der Waals surface area contributed by atoms with Gasteiger partial charge in [-0.15, -0.1) is 0 Å². The Labute approximate surface area is 144 Å². The highest BCUT2D eigenvalue weighted by Gasteiger charge is 2.39. The van der Waals surface area contributed by atoms with Crippen LogP contribution in [0.4, 0.5) is 0 Å². The van der Waals surface area contributed by atoms with Gasteiger partial charge in [0.05, 0.1) is 12.0 Å². The number of imidazole rings is 1. The third-order valence-electron chi connectivity index (χ3n) is 5.65. The summed E-state index contributed by atoms with van der Waals surface area (Å²) >= 11 is 0. The molecule has 1 aromatic rings. The lowest BCUT2D eigenvalue weighted by Crippen LogP contribution is -2.42. The van der Waals surface area contributed by atoms with E-state index in [0.29, 0.717) is 12.5 Å². The predicted molar refractivity (Wildman–Crippen MR) is 92.4 cm³/mol. The van der Waals surface area contributed by atoms with Crippen LogP contribution in [0.2, 0.25) is 0 Å². The van der Waals surface area contributed by atoms with Gasteiger partial charge in [0.2, 0.25) is 5.91 Å². The van der Waals surface area contributed by atoms with Crippen LogP contribution in [0, 0.1) is 18.8 Å². The van der Waals surface area contributed by atoms with Gasteiger partial charge in [-0.05, 0) is 64.6 Å². The van der Waals surface area contributed by atoms with Gasteiger partial charge in [-0.1, -0.05) is 0 Å². The number of hydrogen-bond acceptors (Lipinski definition) is 4. The highest BCUT2D eigenvalue weighted by molar-refractivity contribution is 5.77. The van der Waals surface area contributed by atoms with E-state index in [1.807, 2.05) is 6.20 Å². The third-order valence-corrected chi connectivity index (χ3v) is 5.65. The van der Waals surface area contributed by atoms with Gasteiger partial charge in [-0.3, -0.25) is 4.79 Å². The Morgan fingerprint density at radius 2 is 2.04 bits per heavy atom. The number of nitrogens with zero attached hydrogens (tertiary/aromatic N) is 3. The topological polar surface area (TPSA) is 73.4 Å². The van der Waals surface area contributed by atoms with Crippen molar-refractivity contribution in [1.82, 2.24) is 14.5 Å². The Kier molecular flexibility index (Phi) is 5.89. The zero-order valence-corrected chi connectivity index (χ0v) is 14.7. The maximum absolute atomic E-state index is 11.5. The second kappa shape index (κ2) is 8.12. The first-order chi connectivity index (χ1) is 11.6. The second-order valence-corrected chi connectivity index (χ2v) is 7.19. The summed E-state index contributed by atoms with van der Waals surface area (Å²) in [4.78, 5) is 18.3. The summed E-state index contributed by atoms with van der Waals surface area (Å²) < 4.78 is 8.04. The minimum absolute atomic E-state index is 0.0638. The Morgan fingerprint density at radius 3 is 2.71 bits per heavy atom. The molecule has 2 saturated heterocycles. The van der Waals surface area contributed by atoms with Crippen molar-refractivity contribution in [1.29, 1.82) is 0 Å². The van der Waals surface area contributed by atoms with Crippen molar-refractivity contribution >= 4 is 5.91 Å². The average Bonchev–Trinajstić information content (AvgIpc) is 3.21. The Bertz CT molecular complexity index is 537. The molecule has 2 N–H and O–H groups in total. The molecule has 134 valence electrons. The number of piperidine rings is 1. The number of nitrogens with two attached hydrogens (primary N) is 1. The molecule has 6 nitrogen and oxygen atoms in total. The number of ether oxygens (including phenoxy) is 1. The van der Waals surface area contributed by atoms with Crippen molar-refractivity contribution in [3.05, 3.63) is 18.2 Å². The number of hydrogen-bond donors (Lipinski definition) is 1. The summed E-state index contributed by atoms with van der Waals surface area (Å²) in [6.07, 6.45) is 9.42. The van der Waals surface area contributed by atoms with E-state index < -0.39 is 0 Å². The summed E-state index contributed by atoms with van der Waals surface area (Å²) in [6, 6.07) is 0. The molecule has 0 bridgehead atoms. The van der Waals surface area contributed by atoms with Crippen molar-refractivity contribution in [2.24, 2.45) is 17.6 Å². The molecule has 1 aromatic heterocycles. The fourth-order valence-electron chi connectivity index (χ4n) is 4.14. The third kappa shape index (κ3) is 4.16. The normalized spacial score (nSPS) is 26.0. The maximum atomic E-state index is 11.5. The Hall–Kier alpha value is -1.40. The second-order valence-electron chi connectivity index (χ2n) is 7.19. The van der Waals surface area contributed by atoms with Crippen molar-refractivity contribution < 1.29 is 9.53 Å². The summed E-state index contributed by atoms with van der Waals surface area (Å²) in [5.74, 6) is 1.33. The van der Waals surface area contributed by atoms with Crippen LogP contribution in [0.3, 0.4) is 0 Å². The lowest BCUT2D eigenvalue weighted by Gasteiger charge is -2.35. The van der Waals surface area contributed by atoms with Crippen LogP contribution in [-0.4, -0.2) is 52.7 Å². The number of unbranched alkanes of at least 4 members (excludes halogenated alkanes) is 1. The van der Waals surface area contributed by atoms with Gasteiger partial charge in [-0.2, -0.15) is 0 Å². The van der Waals surface area contributed by atoms with Crippen molar-refractivity contribution in [3.63, 3.8) is 0 Å². The van der Waals surface area contributed by atoms with Crippen LogP contribution < -0.4 is 5.73 Å². The molecule has 6 heteroatoms. The minimum atomic E-state index is -0.185. The first kappa shape index (κ1) is 17.4. The lowest BCUT2D eigenvalue weighted by molar-refractivity contribution is -0.124. The summed E-state index contributed by atoms with van der Waals surface area (Å²) in [5, 5.41) is 0. The first-order valence-electron chi connectivity index (χ1n) is 9.26. The number of likely N-dealkylation sites (tertiary alicyclic amines) is 1. The number of amides is 1. The molecule has 24 heavy (non-hydrogen) atoms. The predicted octanol–water partition coefficient (Wildman–Crippen LogP) is 1.57. The standard InChI is InChI=1S/C18H30N4O2/c1-14-20-7-12-22(14)9-3-2-8-21-10-4-15(5-11-21)17-16(18(19)23)6-13-24-17/h7,12,15-17H,2-6,8-11,13H2,1H3,(H2,19,23)/t16-,17+/m0/s1. The van der Waals surface area contributed by atoms with Crippen molar-refractivity contribution in [2.75, 3.05) is 26.2 Å². The van der Waals surface area contributed by atoms with Crippen molar-refractivity contribution in [3.8, 4) is 0 Å². The molecule has 2 aliphatic rings. The van der Waals surface area contributed by atoms with Crippen LogP contribution in [0.1, 0.15) is 37.9 Å². The summed E-state index contributed by atoms with van der Waals surface area (Å²) in [7, 11) is 0. The zero-order chi connectivity index (χ0) is 16.9. The fraction of sp³-hybridized carbons (Fsp3) is 0.778. The molecule has 2 aliphatic heterocycles. The van der Waals surface area contributed by atoms with E-state index in [2.05, 4.69) is 27.6 Å². The Balaban J connectivity index is 1.35. The average molecular weight is 334 g/mol. The zero-order valence-electron chi connectivity index (χ0n) is 14.7. The van der Waals surface area contributed by atoms with E-state index in [-0.39, 0.29) is 17.9 Å². The van der Waals surface area contributed by atoms with Crippen molar-refractivity contribution in [2.45, 2.75) is 51.7 Å². The van der Waals surface area contributed by atoms with Gasteiger partial charge in [0.25, 0.3) is 0 Å². The van der Waals surface area contributed by atoms with Crippen LogP contribution in [0.15, 0.2) is 12.4 Å². The van der Waals surface area contributed by atoms with Crippen LogP contribution >= 0.6 is 0 Å². The number of carbonyl (C=O) groups excluding carboxylic acids is 1. The molecule has 0 aliphatic carbocycles.